The highest BCUT2D eigenvalue weighted by atomic mass is 35.5. The zero-order valence-corrected chi connectivity index (χ0v) is 25.8. The molecule has 2 rings (SSSR count). The summed E-state index contributed by atoms with van der Waals surface area (Å²) in [5, 5.41) is 14.6. The summed E-state index contributed by atoms with van der Waals surface area (Å²) in [6.07, 6.45) is 5.25. The fourth-order valence-corrected chi connectivity index (χ4v) is 3.96. The summed E-state index contributed by atoms with van der Waals surface area (Å²) in [6.45, 7) is 3.87. The molecule has 2 N–H and O–H groups in total. The first-order valence-electron chi connectivity index (χ1n) is 14.4. The molecule has 0 saturated carbocycles. The number of hydrogen-bond acceptors (Lipinski definition) is 9. The van der Waals surface area contributed by atoms with Crippen molar-refractivity contribution in [2.75, 3.05) is 84.2 Å². The summed E-state index contributed by atoms with van der Waals surface area (Å²) in [5.41, 5.74) is 1.71. The van der Waals surface area contributed by atoms with Gasteiger partial charge in [-0.3, -0.25) is 4.79 Å². The molecule has 2 aromatic rings. The van der Waals surface area contributed by atoms with Crippen LogP contribution in [0.25, 0.3) is 17.4 Å². The minimum atomic E-state index is -0.491. The Balaban J connectivity index is 1.64. The van der Waals surface area contributed by atoms with E-state index >= 15 is 0 Å². The third-order valence-electron chi connectivity index (χ3n) is 6.18. The lowest BCUT2D eigenvalue weighted by molar-refractivity contribution is -0.117. The van der Waals surface area contributed by atoms with Crippen molar-refractivity contribution in [3.05, 3.63) is 47.7 Å². The van der Waals surface area contributed by atoms with Gasteiger partial charge in [-0.05, 0) is 49.2 Å². The summed E-state index contributed by atoms with van der Waals surface area (Å²) in [7, 11) is 3.44. The molecule has 0 saturated heterocycles. The number of nitriles is 1. The van der Waals surface area contributed by atoms with Crippen LogP contribution < -0.4 is 15.5 Å². The van der Waals surface area contributed by atoms with E-state index in [1.165, 1.54) is 13.2 Å². The molecule has 0 spiro atoms. The zero-order chi connectivity index (χ0) is 31.1. The van der Waals surface area contributed by atoms with Crippen LogP contribution in [-0.4, -0.2) is 91.3 Å². The van der Waals surface area contributed by atoms with Crippen LogP contribution >= 0.6 is 11.6 Å². The molecule has 236 valence electrons. The van der Waals surface area contributed by atoms with Gasteiger partial charge < -0.3 is 38.9 Å². The van der Waals surface area contributed by atoms with E-state index in [1.807, 2.05) is 42.3 Å². The minimum absolute atomic E-state index is 0.0560. The van der Waals surface area contributed by atoms with E-state index in [0.717, 1.165) is 43.5 Å². The molecule has 1 heterocycles. The van der Waals surface area contributed by atoms with E-state index in [1.54, 1.807) is 12.1 Å². The number of rotatable bonds is 22. The smallest absolute Gasteiger partial charge is 0.407 e. The zero-order valence-electron chi connectivity index (χ0n) is 25.1. The van der Waals surface area contributed by atoms with E-state index < -0.39 is 12.0 Å². The second-order valence-corrected chi connectivity index (χ2v) is 9.86. The first-order valence-corrected chi connectivity index (χ1v) is 14.9. The van der Waals surface area contributed by atoms with Crippen molar-refractivity contribution in [2.24, 2.45) is 0 Å². The van der Waals surface area contributed by atoms with Crippen molar-refractivity contribution < 1.29 is 33.0 Å². The predicted octanol–water partition coefficient (Wildman–Crippen LogP) is 4.61. The average molecular weight is 619 g/mol. The van der Waals surface area contributed by atoms with Crippen LogP contribution in [0.15, 0.2) is 46.4 Å². The molecule has 0 aliphatic carbocycles. The van der Waals surface area contributed by atoms with Crippen molar-refractivity contribution in [3.8, 4) is 17.4 Å². The largest absolute Gasteiger partial charge is 0.457 e. The number of alkyl carbamates (subject to hydrolysis) is 1. The van der Waals surface area contributed by atoms with Gasteiger partial charge >= 0.3 is 6.09 Å². The van der Waals surface area contributed by atoms with Crippen LogP contribution in [0.1, 0.15) is 31.4 Å². The average Bonchev–Trinajstić information content (AvgIpc) is 3.49. The van der Waals surface area contributed by atoms with Crippen molar-refractivity contribution in [1.82, 2.24) is 10.6 Å². The van der Waals surface area contributed by atoms with E-state index in [9.17, 15) is 14.9 Å². The fourth-order valence-electron chi connectivity index (χ4n) is 3.77. The minimum Gasteiger partial charge on any atom is -0.457 e. The standard InChI is InChI=1S/C31H43ClN4O7/c1-36(16-20-42-31(38)35-15-19-41-22-21-40-17-6-4-3-5-13-32)27-9-7-25(8-10-27)29-12-11-28(43-29)23-26(24-33)30(37)34-14-18-39-2/h7-12,23H,3-6,13-22H2,1-2H3,(H,34,37)(H,35,38)/b26-23+. The Labute approximate surface area is 259 Å². The maximum Gasteiger partial charge on any atom is 0.407 e. The van der Waals surface area contributed by atoms with Crippen LogP contribution in [-0.2, 0) is 23.7 Å². The van der Waals surface area contributed by atoms with Gasteiger partial charge in [0.2, 0.25) is 0 Å². The highest BCUT2D eigenvalue weighted by molar-refractivity contribution is 6.17. The van der Waals surface area contributed by atoms with Crippen LogP contribution in [0.5, 0.6) is 0 Å². The molecule has 12 heteroatoms. The van der Waals surface area contributed by atoms with E-state index in [2.05, 4.69) is 10.6 Å². The van der Waals surface area contributed by atoms with E-state index in [4.69, 9.17) is 35.0 Å². The number of alkyl halides is 1. The second kappa shape index (κ2) is 22.0. The number of halogens is 1. The molecular formula is C31H43ClN4O7. The highest BCUT2D eigenvalue weighted by Crippen LogP contribution is 2.25. The fraction of sp³-hybridized carbons (Fsp3) is 0.516. The molecular weight excluding hydrogens is 576 g/mol. The number of carbonyl (C=O) groups excluding carboxylic acids is 2. The number of amides is 2. The third-order valence-corrected chi connectivity index (χ3v) is 6.45. The van der Waals surface area contributed by atoms with Crippen LogP contribution in [0.3, 0.4) is 0 Å². The number of nitrogens with zero attached hydrogens (tertiary/aromatic N) is 2. The summed E-state index contributed by atoms with van der Waals surface area (Å²) < 4.78 is 26.9. The Morgan fingerprint density at radius 3 is 2.37 bits per heavy atom. The Morgan fingerprint density at radius 1 is 0.930 bits per heavy atom. The Morgan fingerprint density at radius 2 is 1.65 bits per heavy atom. The number of benzene rings is 1. The van der Waals surface area contributed by atoms with E-state index in [0.29, 0.717) is 63.5 Å². The summed E-state index contributed by atoms with van der Waals surface area (Å²) in [5.74, 6) is 1.22. The number of likely N-dealkylation sites (N-methyl/N-ethyl adjacent to an activating group) is 1. The van der Waals surface area contributed by atoms with Gasteiger partial charge in [-0.15, -0.1) is 11.6 Å². The monoisotopic (exact) mass is 618 g/mol. The topological polar surface area (TPSA) is 135 Å². The van der Waals surface area contributed by atoms with Gasteiger partial charge in [0.15, 0.2) is 0 Å². The number of hydrogen-bond donors (Lipinski definition) is 2. The SMILES string of the molecule is COCCNC(=O)/C(C#N)=C/c1ccc(-c2ccc(N(C)CCOC(=O)NCCOCCOCCCCCCCl)cc2)o1. The number of nitrogens with one attached hydrogen (secondary N) is 2. The number of anilines is 1. The van der Waals surface area contributed by atoms with Crippen molar-refractivity contribution >= 4 is 35.4 Å². The number of methoxy groups -OCH3 is 1. The van der Waals surface area contributed by atoms with Gasteiger partial charge in [0, 0.05) is 57.1 Å². The number of carbonyl (C=O) groups is 2. The molecule has 0 aliphatic rings. The van der Waals surface area contributed by atoms with Crippen molar-refractivity contribution in [1.29, 1.82) is 5.26 Å². The maximum atomic E-state index is 12.1. The lowest BCUT2D eigenvalue weighted by Crippen LogP contribution is -2.31. The van der Waals surface area contributed by atoms with Gasteiger partial charge in [0.1, 0.15) is 29.8 Å². The molecule has 0 atom stereocenters. The molecule has 0 fully saturated rings. The van der Waals surface area contributed by atoms with Crippen molar-refractivity contribution in [2.45, 2.75) is 25.7 Å². The lowest BCUT2D eigenvalue weighted by atomic mass is 10.1. The predicted molar refractivity (Wildman–Crippen MR) is 166 cm³/mol. The van der Waals surface area contributed by atoms with Crippen LogP contribution in [0.4, 0.5) is 10.5 Å². The molecule has 0 radical (unpaired) electrons. The Bertz CT molecular complexity index is 1150. The molecule has 1 aromatic heterocycles. The third kappa shape index (κ3) is 14.9. The first kappa shape index (κ1) is 35.6. The van der Waals surface area contributed by atoms with Gasteiger partial charge in [0.25, 0.3) is 5.91 Å². The number of ether oxygens (including phenoxy) is 4. The normalized spacial score (nSPS) is 11.2. The lowest BCUT2D eigenvalue weighted by Gasteiger charge is -2.19. The number of unbranched alkanes of at least 4 members (excludes halogenated alkanes) is 3. The maximum absolute atomic E-state index is 12.1. The second-order valence-electron chi connectivity index (χ2n) is 9.48. The molecule has 1 aromatic carbocycles. The van der Waals surface area contributed by atoms with Crippen molar-refractivity contribution in [3.63, 3.8) is 0 Å². The summed E-state index contributed by atoms with van der Waals surface area (Å²) >= 11 is 5.65. The summed E-state index contributed by atoms with van der Waals surface area (Å²) in [6, 6.07) is 13.0. The van der Waals surface area contributed by atoms with Gasteiger partial charge in [0.05, 0.1) is 33.0 Å². The molecule has 0 bridgehead atoms. The van der Waals surface area contributed by atoms with E-state index in [-0.39, 0.29) is 12.2 Å². The quantitative estimate of drug-likeness (QED) is 0.0839. The van der Waals surface area contributed by atoms with Crippen LogP contribution in [0, 0.1) is 11.3 Å². The molecule has 2 amide bonds. The van der Waals surface area contributed by atoms with Crippen LogP contribution in [0.2, 0.25) is 0 Å². The molecule has 0 unspecified atom stereocenters. The van der Waals surface area contributed by atoms with Gasteiger partial charge in [-0.25, -0.2) is 4.79 Å². The molecule has 0 aliphatic heterocycles. The molecule has 43 heavy (non-hydrogen) atoms. The molecule has 11 nitrogen and oxygen atoms in total. The highest BCUT2D eigenvalue weighted by Gasteiger charge is 2.11. The number of furan rings is 1. The Kier molecular flexibility index (Phi) is 18.3. The van der Waals surface area contributed by atoms with Gasteiger partial charge in [-0.2, -0.15) is 5.26 Å². The Hall–Kier alpha value is -3.56. The summed E-state index contributed by atoms with van der Waals surface area (Å²) in [4.78, 5) is 26.0. The van der Waals surface area contributed by atoms with Gasteiger partial charge in [-0.1, -0.05) is 12.8 Å². The first-order chi connectivity index (χ1) is 21.0.